The van der Waals surface area contributed by atoms with E-state index in [1.165, 1.54) is 0 Å². The van der Waals surface area contributed by atoms with Crippen molar-refractivity contribution in [3.05, 3.63) is 63.2 Å². The first-order valence-corrected chi connectivity index (χ1v) is 6.91. The van der Waals surface area contributed by atoms with Crippen LogP contribution in [0, 0.1) is 20.8 Å². The van der Waals surface area contributed by atoms with Crippen molar-refractivity contribution in [2.45, 2.75) is 26.9 Å². The highest BCUT2D eigenvalue weighted by Gasteiger charge is 2.17. The third-order valence-electron chi connectivity index (χ3n) is 3.61. The summed E-state index contributed by atoms with van der Waals surface area (Å²) >= 11 is 6.04. The van der Waals surface area contributed by atoms with Gasteiger partial charge >= 0.3 is 0 Å². The van der Waals surface area contributed by atoms with E-state index in [-0.39, 0.29) is 0 Å². The van der Waals surface area contributed by atoms with Crippen LogP contribution in [0.3, 0.4) is 0 Å². The number of aliphatic hydroxyl groups excluding tert-OH is 1. The molecule has 0 aliphatic heterocycles. The molecule has 106 valence electrons. The second-order valence-corrected chi connectivity index (χ2v) is 5.52. The van der Waals surface area contributed by atoms with Crippen LogP contribution in [-0.4, -0.2) is 12.2 Å². The Kier molecular flexibility index (Phi) is 4.36. The average molecular weight is 291 g/mol. The second-order valence-electron chi connectivity index (χ2n) is 5.08. The van der Waals surface area contributed by atoms with Gasteiger partial charge in [-0.25, -0.2) is 0 Å². The van der Waals surface area contributed by atoms with Gasteiger partial charge in [-0.2, -0.15) is 0 Å². The zero-order valence-corrected chi connectivity index (χ0v) is 13.0. The molecule has 0 aliphatic rings. The van der Waals surface area contributed by atoms with Crippen molar-refractivity contribution in [3.8, 4) is 5.75 Å². The molecular formula is C17H19ClO2. The van der Waals surface area contributed by atoms with Gasteiger partial charge in [-0.3, -0.25) is 0 Å². The van der Waals surface area contributed by atoms with E-state index in [1.807, 2.05) is 51.1 Å². The van der Waals surface area contributed by atoms with Crippen molar-refractivity contribution in [1.82, 2.24) is 0 Å². The maximum Gasteiger partial charge on any atom is 0.122 e. The molecule has 0 radical (unpaired) electrons. The topological polar surface area (TPSA) is 29.5 Å². The Labute approximate surface area is 125 Å². The summed E-state index contributed by atoms with van der Waals surface area (Å²) in [6, 6.07) is 9.50. The zero-order valence-electron chi connectivity index (χ0n) is 12.2. The Hall–Kier alpha value is -1.51. The Morgan fingerprint density at radius 1 is 0.950 bits per heavy atom. The number of halogens is 1. The third kappa shape index (κ3) is 2.82. The summed E-state index contributed by atoms with van der Waals surface area (Å²) in [5.74, 6) is 0.835. The summed E-state index contributed by atoms with van der Waals surface area (Å²) in [5, 5.41) is 11.3. The lowest BCUT2D eigenvalue weighted by Gasteiger charge is -2.18. The number of benzene rings is 2. The lowest BCUT2D eigenvalue weighted by Crippen LogP contribution is -2.05. The minimum atomic E-state index is -0.682. The molecule has 2 rings (SSSR count). The van der Waals surface area contributed by atoms with Crippen molar-refractivity contribution < 1.29 is 9.84 Å². The molecule has 0 fully saturated rings. The fraction of sp³-hybridized carbons (Fsp3) is 0.294. The number of aryl methyl sites for hydroxylation is 3. The maximum absolute atomic E-state index is 10.7. The molecule has 3 heteroatoms. The second kappa shape index (κ2) is 5.86. The summed E-state index contributed by atoms with van der Waals surface area (Å²) < 4.78 is 5.31. The van der Waals surface area contributed by atoms with Gasteiger partial charge in [0.15, 0.2) is 0 Å². The van der Waals surface area contributed by atoms with Crippen LogP contribution in [0.2, 0.25) is 5.02 Å². The highest BCUT2D eigenvalue weighted by molar-refractivity contribution is 6.30. The number of ether oxygens (including phenoxy) is 1. The first-order valence-electron chi connectivity index (χ1n) is 6.53. The molecule has 0 amide bonds. The van der Waals surface area contributed by atoms with Crippen LogP contribution in [0.25, 0.3) is 0 Å². The van der Waals surface area contributed by atoms with Crippen molar-refractivity contribution in [2.24, 2.45) is 0 Å². The molecule has 0 saturated carbocycles. The minimum Gasteiger partial charge on any atom is -0.496 e. The summed E-state index contributed by atoms with van der Waals surface area (Å²) in [4.78, 5) is 0. The highest BCUT2D eigenvalue weighted by atomic mass is 35.5. The maximum atomic E-state index is 10.7. The molecule has 2 aromatic carbocycles. The van der Waals surface area contributed by atoms with Crippen LogP contribution in [0.1, 0.15) is 33.9 Å². The van der Waals surface area contributed by atoms with Gasteiger partial charge in [-0.15, -0.1) is 0 Å². The molecule has 0 spiro atoms. The quantitative estimate of drug-likeness (QED) is 0.910. The number of hydrogen-bond donors (Lipinski definition) is 1. The molecular weight excluding hydrogens is 272 g/mol. The monoisotopic (exact) mass is 290 g/mol. The van der Waals surface area contributed by atoms with Crippen molar-refractivity contribution in [2.75, 3.05) is 7.11 Å². The van der Waals surface area contributed by atoms with E-state index in [1.54, 1.807) is 7.11 Å². The van der Waals surface area contributed by atoms with Gasteiger partial charge < -0.3 is 9.84 Å². The van der Waals surface area contributed by atoms with Crippen LogP contribution in [-0.2, 0) is 0 Å². The van der Waals surface area contributed by atoms with Gasteiger partial charge in [-0.1, -0.05) is 17.7 Å². The fourth-order valence-electron chi connectivity index (χ4n) is 2.40. The van der Waals surface area contributed by atoms with Gasteiger partial charge in [0.05, 0.1) is 7.11 Å². The van der Waals surface area contributed by atoms with Crippen molar-refractivity contribution in [3.63, 3.8) is 0 Å². The number of aliphatic hydroxyl groups is 1. The fourth-order valence-corrected chi connectivity index (χ4v) is 2.58. The Bertz CT molecular complexity index is 635. The average Bonchev–Trinajstić information content (AvgIpc) is 2.42. The normalized spacial score (nSPS) is 12.3. The molecule has 0 aromatic heterocycles. The van der Waals surface area contributed by atoms with Gasteiger partial charge in [0.2, 0.25) is 0 Å². The largest absolute Gasteiger partial charge is 0.496 e. The summed E-state index contributed by atoms with van der Waals surface area (Å²) in [5.41, 5.74) is 4.75. The molecule has 1 atom stereocenters. The van der Waals surface area contributed by atoms with Crippen LogP contribution >= 0.6 is 11.6 Å². The number of methoxy groups -OCH3 is 1. The van der Waals surface area contributed by atoms with Crippen molar-refractivity contribution >= 4 is 11.6 Å². The Morgan fingerprint density at radius 3 is 2.25 bits per heavy atom. The van der Waals surface area contributed by atoms with Gasteiger partial charge in [0.1, 0.15) is 11.9 Å². The van der Waals surface area contributed by atoms with E-state index in [0.29, 0.717) is 5.02 Å². The summed E-state index contributed by atoms with van der Waals surface area (Å²) in [6.07, 6.45) is -0.682. The predicted molar refractivity (Wildman–Crippen MR) is 82.7 cm³/mol. The standard InChI is InChI=1S/C17H19ClO2/c1-10-5-6-13(18)9-15(10)17(19)14-7-12(3)16(20-4)8-11(14)2/h5-9,17,19H,1-4H3. The minimum absolute atomic E-state index is 0.632. The van der Waals surface area contributed by atoms with E-state index >= 15 is 0 Å². The lowest BCUT2D eigenvalue weighted by atomic mass is 9.93. The Balaban J connectivity index is 2.50. The van der Waals surface area contributed by atoms with Gasteiger partial charge in [0, 0.05) is 5.02 Å². The zero-order chi connectivity index (χ0) is 14.9. The molecule has 2 nitrogen and oxygen atoms in total. The Morgan fingerprint density at radius 2 is 1.60 bits per heavy atom. The first kappa shape index (κ1) is 14.9. The highest BCUT2D eigenvalue weighted by Crippen LogP contribution is 2.32. The summed E-state index contributed by atoms with van der Waals surface area (Å²) in [7, 11) is 1.65. The van der Waals surface area contributed by atoms with Crippen LogP contribution in [0.5, 0.6) is 5.75 Å². The lowest BCUT2D eigenvalue weighted by molar-refractivity contribution is 0.218. The summed E-state index contributed by atoms with van der Waals surface area (Å²) in [6.45, 7) is 5.92. The number of hydrogen-bond acceptors (Lipinski definition) is 2. The molecule has 0 saturated heterocycles. The molecule has 20 heavy (non-hydrogen) atoms. The van der Waals surface area contributed by atoms with E-state index in [4.69, 9.17) is 16.3 Å². The van der Waals surface area contributed by atoms with E-state index < -0.39 is 6.10 Å². The molecule has 2 aromatic rings. The van der Waals surface area contributed by atoms with E-state index in [9.17, 15) is 5.11 Å². The molecule has 1 unspecified atom stereocenters. The van der Waals surface area contributed by atoms with Gasteiger partial charge in [-0.05, 0) is 72.9 Å². The molecule has 1 N–H and O–H groups in total. The van der Waals surface area contributed by atoms with Gasteiger partial charge in [0.25, 0.3) is 0 Å². The smallest absolute Gasteiger partial charge is 0.122 e. The third-order valence-corrected chi connectivity index (χ3v) is 3.85. The first-order chi connectivity index (χ1) is 9.43. The van der Waals surface area contributed by atoms with E-state index in [2.05, 4.69) is 0 Å². The van der Waals surface area contributed by atoms with E-state index in [0.717, 1.165) is 33.6 Å². The number of rotatable bonds is 3. The SMILES string of the molecule is COc1cc(C)c(C(O)c2cc(Cl)ccc2C)cc1C. The van der Waals surface area contributed by atoms with Crippen LogP contribution < -0.4 is 4.74 Å². The van der Waals surface area contributed by atoms with Crippen LogP contribution in [0.4, 0.5) is 0 Å². The van der Waals surface area contributed by atoms with Crippen molar-refractivity contribution in [1.29, 1.82) is 0 Å². The predicted octanol–water partition coefficient (Wildman–Crippen LogP) is 4.36. The molecule has 0 aliphatic carbocycles. The van der Waals surface area contributed by atoms with Crippen LogP contribution in [0.15, 0.2) is 30.3 Å². The molecule has 0 bridgehead atoms. The molecule has 0 heterocycles.